The fourth-order valence-corrected chi connectivity index (χ4v) is 3.99. The smallest absolute Gasteiger partial charge is 0.297 e. The quantitative estimate of drug-likeness (QED) is 0.572. The van der Waals surface area contributed by atoms with Crippen LogP contribution in [0.2, 0.25) is 0 Å². The Kier molecular flexibility index (Phi) is 6.90. The van der Waals surface area contributed by atoms with Gasteiger partial charge in [-0.25, -0.2) is 0 Å². The number of fused-ring (bicyclic) bond motifs is 1. The van der Waals surface area contributed by atoms with Gasteiger partial charge in [0.05, 0.1) is 23.7 Å². The molecular formula is C24H30N4O4. The van der Waals surface area contributed by atoms with Gasteiger partial charge in [-0.15, -0.1) is 0 Å². The normalized spacial score (nSPS) is 19.5. The van der Waals surface area contributed by atoms with E-state index in [4.69, 9.17) is 14.2 Å². The Morgan fingerprint density at radius 2 is 1.84 bits per heavy atom. The predicted octanol–water partition coefficient (Wildman–Crippen LogP) is 3.99. The van der Waals surface area contributed by atoms with Gasteiger partial charge in [0, 0.05) is 38.5 Å². The third-order valence-corrected chi connectivity index (χ3v) is 5.62. The summed E-state index contributed by atoms with van der Waals surface area (Å²) in [6, 6.07) is 10.1. The van der Waals surface area contributed by atoms with Gasteiger partial charge < -0.3 is 19.5 Å². The second-order valence-electron chi connectivity index (χ2n) is 8.34. The molecule has 0 radical (unpaired) electrons. The number of aromatic nitrogens is 3. The highest BCUT2D eigenvalue weighted by Gasteiger charge is 2.25. The molecule has 0 spiro atoms. The van der Waals surface area contributed by atoms with Crippen LogP contribution in [0.1, 0.15) is 39.5 Å². The Bertz CT molecular complexity index is 1040. The number of benzene rings is 1. The largest absolute Gasteiger partial charge is 0.461 e. The minimum Gasteiger partial charge on any atom is -0.461 e. The van der Waals surface area contributed by atoms with Crippen molar-refractivity contribution in [3.05, 3.63) is 42.7 Å². The molecule has 0 bridgehead atoms. The van der Waals surface area contributed by atoms with Crippen molar-refractivity contribution in [3.63, 3.8) is 0 Å². The first-order valence-corrected chi connectivity index (χ1v) is 11.1. The van der Waals surface area contributed by atoms with E-state index in [1.807, 2.05) is 48.9 Å². The van der Waals surface area contributed by atoms with Crippen LogP contribution in [0.15, 0.2) is 42.7 Å². The summed E-state index contributed by atoms with van der Waals surface area (Å²) >= 11 is 0. The molecule has 1 saturated carbocycles. The highest BCUT2D eigenvalue weighted by atomic mass is 16.5. The molecule has 8 heteroatoms. The van der Waals surface area contributed by atoms with Gasteiger partial charge in [-0.3, -0.25) is 14.3 Å². The molecule has 170 valence electrons. The lowest BCUT2D eigenvalue weighted by Gasteiger charge is -2.29. The number of carbonyl (C=O) groups is 1. The lowest BCUT2D eigenvalue weighted by molar-refractivity contribution is -0.120. The molecule has 0 saturated heterocycles. The van der Waals surface area contributed by atoms with Crippen molar-refractivity contribution in [1.29, 1.82) is 0 Å². The molecule has 4 rings (SSSR count). The van der Waals surface area contributed by atoms with Crippen molar-refractivity contribution >= 4 is 16.9 Å². The number of carbonyl (C=O) groups excluding carboxylic acids is 1. The molecule has 2 aromatic heterocycles. The molecular weight excluding hydrogens is 408 g/mol. The Labute approximate surface area is 187 Å². The van der Waals surface area contributed by atoms with Gasteiger partial charge in [0.15, 0.2) is 0 Å². The second kappa shape index (κ2) is 9.99. The zero-order chi connectivity index (χ0) is 22.5. The number of ether oxygens (including phenoxy) is 3. The number of amides is 1. The summed E-state index contributed by atoms with van der Waals surface area (Å²) in [7, 11) is 1.96. The monoisotopic (exact) mass is 438 g/mol. The van der Waals surface area contributed by atoms with Crippen molar-refractivity contribution in [1.82, 2.24) is 19.9 Å². The van der Waals surface area contributed by atoms with Crippen molar-refractivity contribution in [2.75, 3.05) is 6.61 Å². The zero-order valence-corrected chi connectivity index (χ0v) is 18.8. The van der Waals surface area contributed by atoms with Crippen LogP contribution in [0, 0.1) is 0 Å². The van der Waals surface area contributed by atoms with Gasteiger partial charge in [0.25, 0.3) is 6.01 Å². The summed E-state index contributed by atoms with van der Waals surface area (Å²) in [5.74, 6) is 1.45. The molecule has 1 amide bonds. The summed E-state index contributed by atoms with van der Waals surface area (Å²) < 4.78 is 20.1. The lowest BCUT2D eigenvalue weighted by atomic mass is 9.95. The van der Waals surface area contributed by atoms with E-state index in [1.54, 1.807) is 12.4 Å². The second-order valence-corrected chi connectivity index (χ2v) is 8.34. The number of rotatable bonds is 8. The van der Waals surface area contributed by atoms with E-state index < -0.39 is 0 Å². The number of hydrogen-bond donors (Lipinski definition) is 1. The van der Waals surface area contributed by atoms with Gasteiger partial charge in [-0.1, -0.05) is 0 Å². The molecule has 1 aliphatic rings. The summed E-state index contributed by atoms with van der Waals surface area (Å²) in [5, 5.41) is 2.85. The van der Waals surface area contributed by atoms with Crippen LogP contribution in [0.3, 0.4) is 0 Å². The first kappa shape index (κ1) is 22.1. The van der Waals surface area contributed by atoms with Crippen LogP contribution in [-0.4, -0.2) is 45.3 Å². The Morgan fingerprint density at radius 1 is 1.12 bits per heavy atom. The molecule has 1 fully saturated rings. The number of nitrogens with zero attached hydrogens (tertiary/aromatic N) is 3. The molecule has 1 N–H and O–H groups in total. The van der Waals surface area contributed by atoms with E-state index in [9.17, 15) is 4.79 Å². The van der Waals surface area contributed by atoms with E-state index in [0.29, 0.717) is 12.6 Å². The molecule has 1 atom stereocenters. The Balaban J connectivity index is 1.33. The summed E-state index contributed by atoms with van der Waals surface area (Å²) in [6.45, 7) is 4.01. The summed E-state index contributed by atoms with van der Waals surface area (Å²) in [5.41, 5.74) is 1.82. The molecule has 8 nitrogen and oxygen atoms in total. The van der Waals surface area contributed by atoms with Crippen LogP contribution in [0.25, 0.3) is 11.0 Å². The SMILES string of the molecule is CC(=O)N[C@@H](C)CO[C@H]1CC[C@H](Oc2nc3ccc(Oc4ccncc4)cc3n2C)CC1. The van der Waals surface area contributed by atoms with Crippen molar-refractivity contribution in [2.24, 2.45) is 7.05 Å². The van der Waals surface area contributed by atoms with Crippen LogP contribution in [0.5, 0.6) is 17.5 Å². The Morgan fingerprint density at radius 3 is 2.56 bits per heavy atom. The zero-order valence-electron chi connectivity index (χ0n) is 18.8. The minimum atomic E-state index is -0.0308. The van der Waals surface area contributed by atoms with Gasteiger partial charge in [-0.05, 0) is 56.9 Å². The molecule has 0 aliphatic heterocycles. The van der Waals surface area contributed by atoms with E-state index in [2.05, 4.69) is 15.3 Å². The van der Waals surface area contributed by atoms with Crippen LogP contribution in [-0.2, 0) is 16.6 Å². The van der Waals surface area contributed by atoms with Crippen LogP contribution in [0.4, 0.5) is 0 Å². The standard InChI is InChI=1S/C24H30N4O4/c1-16(26-17(2)29)15-30-18-4-6-19(7-5-18)32-24-27-22-9-8-21(14-23(22)28(24)3)31-20-10-12-25-13-11-20/h8-14,16,18-19H,4-7,15H2,1-3H3,(H,26,29)/t16-,18-,19-/m0/s1. The highest BCUT2D eigenvalue weighted by molar-refractivity contribution is 5.78. The minimum absolute atomic E-state index is 0.0221. The van der Waals surface area contributed by atoms with E-state index in [1.165, 1.54) is 6.92 Å². The molecule has 1 aromatic carbocycles. The van der Waals surface area contributed by atoms with E-state index in [0.717, 1.165) is 48.2 Å². The number of aryl methyl sites for hydroxylation is 1. The summed E-state index contributed by atoms with van der Waals surface area (Å²) in [4.78, 5) is 19.8. The maximum absolute atomic E-state index is 11.1. The maximum atomic E-state index is 11.1. The van der Waals surface area contributed by atoms with Crippen LogP contribution < -0.4 is 14.8 Å². The first-order chi connectivity index (χ1) is 15.5. The number of hydrogen-bond acceptors (Lipinski definition) is 6. The molecule has 0 unspecified atom stereocenters. The predicted molar refractivity (Wildman–Crippen MR) is 121 cm³/mol. The van der Waals surface area contributed by atoms with Crippen molar-refractivity contribution < 1.29 is 19.0 Å². The van der Waals surface area contributed by atoms with Gasteiger partial charge in [0.2, 0.25) is 5.91 Å². The maximum Gasteiger partial charge on any atom is 0.297 e. The van der Waals surface area contributed by atoms with E-state index in [-0.39, 0.29) is 24.2 Å². The molecule has 1 aliphatic carbocycles. The van der Waals surface area contributed by atoms with Gasteiger partial charge >= 0.3 is 0 Å². The molecule has 2 heterocycles. The number of nitrogens with one attached hydrogen (secondary N) is 1. The van der Waals surface area contributed by atoms with Gasteiger partial charge in [-0.2, -0.15) is 4.98 Å². The van der Waals surface area contributed by atoms with Crippen molar-refractivity contribution in [3.8, 4) is 17.5 Å². The Hall–Kier alpha value is -3.13. The van der Waals surface area contributed by atoms with Crippen LogP contribution >= 0.6 is 0 Å². The van der Waals surface area contributed by atoms with E-state index >= 15 is 0 Å². The average Bonchev–Trinajstić information content (AvgIpc) is 3.08. The lowest BCUT2D eigenvalue weighted by Crippen LogP contribution is -2.37. The van der Waals surface area contributed by atoms with Gasteiger partial charge in [0.1, 0.15) is 17.6 Å². The molecule has 3 aromatic rings. The topological polar surface area (TPSA) is 87.5 Å². The fourth-order valence-electron chi connectivity index (χ4n) is 3.99. The number of pyridine rings is 1. The third kappa shape index (κ3) is 5.56. The number of imidazole rings is 1. The molecule has 32 heavy (non-hydrogen) atoms. The highest BCUT2D eigenvalue weighted by Crippen LogP contribution is 2.30. The average molecular weight is 439 g/mol. The first-order valence-electron chi connectivity index (χ1n) is 11.1. The third-order valence-electron chi connectivity index (χ3n) is 5.62. The fraction of sp³-hybridized carbons (Fsp3) is 0.458. The summed E-state index contributed by atoms with van der Waals surface area (Å²) in [6.07, 6.45) is 7.43. The van der Waals surface area contributed by atoms with Crippen molar-refractivity contribution in [2.45, 2.75) is 57.8 Å².